The zero-order valence-corrected chi connectivity index (χ0v) is 13.8. The van der Waals surface area contributed by atoms with Crippen LogP contribution in [0.5, 0.6) is 0 Å². The molecule has 0 heterocycles. The highest BCUT2D eigenvalue weighted by molar-refractivity contribution is 8.76. The molecule has 18 heavy (non-hydrogen) atoms. The summed E-state index contributed by atoms with van der Waals surface area (Å²) in [5, 5.41) is 0.479. The molecule has 0 aliphatic rings. The van der Waals surface area contributed by atoms with Gasteiger partial charge in [-0.3, -0.25) is 9.59 Å². The lowest BCUT2D eigenvalue weighted by atomic mass is 10.0. The lowest BCUT2D eigenvalue weighted by molar-refractivity contribution is -0.122. The maximum Gasteiger partial charge on any atom is 0.136 e. The van der Waals surface area contributed by atoms with E-state index >= 15 is 0 Å². The van der Waals surface area contributed by atoms with Crippen LogP contribution < -0.4 is 0 Å². The fourth-order valence-electron chi connectivity index (χ4n) is 1.28. The van der Waals surface area contributed by atoms with Gasteiger partial charge in [0.1, 0.15) is 11.6 Å². The van der Waals surface area contributed by atoms with Gasteiger partial charge in [-0.1, -0.05) is 56.2 Å². The summed E-state index contributed by atoms with van der Waals surface area (Å²) in [5.74, 6) is 1.87. The smallest absolute Gasteiger partial charge is 0.136 e. The Balaban J connectivity index is 3.57. The Labute approximate surface area is 119 Å². The van der Waals surface area contributed by atoms with Gasteiger partial charge in [0.2, 0.25) is 0 Å². The van der Waals surface area contributed by atoms with E-state index < -0.39 is 0 Å². The molecule has 0 aromatic heterocycles. The van der Waals surface area contributed by atoms with Crippen LogP contribution in [0.4, 0.5) is 0 Å². The van der Waals surface area contributed by atoms with Crippen molar-refractivity contribution in [3.8, 4) is 0 Å². The summed E-state index contributed by atoms with van der Waals surface area (Å²) in [4.78, 5) is 22.9. The molecule has 106 valence electrons. The van der Waals surface area contributed by atoms with Gasteiger partial charge in [-0.25, -0.2) is 0 Å². The highest BCUT2D eigenvalue weighted by Gasteiger charge is 2.11. The third-order valence-corrected chi connectivity index (χ3v) is 5.71. The van der Waals surface area contributed by atoms with E-state index in [1.54, 1.807) is 21.6 Å². The molecule has 0 saturated carbocycles. The SMILES string of the molecule is CC(CCC(=O)C(C)C)SSCCC(=O)C(C)C. The van der Waals surface area contributed by atoms with Crippen molar-refractivity contribution >= 4 is 33.2 Å². The van der Waals surface area contributed by atoms with Crippen molar-refractivity contribution in [2.24, 2.45) is 11.8 Å². The lowest BCUT2D eigenvalue weighted by Gasteiger charge is -2.11. The summed E-state index contributed by atoms with van der Waals surface area (Å²) < 4.78 is 0. The molecule has 0 aliphatic carbocycles. The van der Waals surface area contributed by atoms with Crippen LogP contribution in [0.3, 0.4) is 0 Å². The first-order chi connectivity index (χ1) is 8.34. The standard InChI is InChI=1S/C14H26O2S2/c1-10(2)13(15)7-6-12(5)18-17-9-8-14(16)11(3)4/h10-12H,6-9H2,1-5H3. The van der Waals surface area contributed by atoms with Gasteiger partial charge in [-0.2, -0.15) is 0 Å². The molecule has 0 aromatic carbocycles. The molecule has 1 atom stereocenters. The Hall–Kier alpha value is 0.0400. The Bertz CT molecular complexity index is 263. The van der Waals surface area contributed by atoms with Crippen molar-refractivity contribution in [3.05, 3.63) is 0 Å². The topological polar surface area (TPSA) is 34.1 Å². The van der Waals surface area contributed by atoms with Gasteiger partial charge in [-0.15, -0.1) is 0 Å². The number of carbonyl (C=O) groups excluding carboxylic acids is 2. The molecule has 0 aliphatic heterocycles. The van der Waals surface area contributed by atoms with Gasteiger partial charge in [0.15, 0.2) is 0 Å². The van der Waals surface area contributed by atoms with Crippen LogP contribution in [-0.4, -0.2) is 22.6 Å². The fraction of sp³-hybridized carbons (Fsp3) is 0.857. The molecular formula is C14H26O2S2. The summed E-state index contributed by atoms with van der Waals surface area (Å²) in [6.07, 6.45) is 2.27. The third kappa shape index (κ3) is 9.03. The number of hydrogen-bond donors (Lipinski definition) is 0. The molecule has 0 amide bonds. The molecule has 4 heteroatoms. The second kappa shape index (κ2) is 9.90. The molecule has 0 bridgehead atoms. The van der Waals surface area contributed by atoms with Gasteiger partial charge < -0.3 is 0 Å². The van der Waals surface area contributed by atoms with E-state index in [9.17, 15) is 9.59 Å². The van der Waals surface area contributed by atoms with Gasteiger partial charge >= 0.3 is 0 Å². The summed E-state index contributed by atoms with van der Waals surface area (Å²) >= 11 is 0. The number of carbonyl (C=O) groups is 2. The Morgan fingerprint density at radius 3 is 1.89 bits per heavy atom. The lowest BCUT2D eigenvalue weighted by Crippen LogP contribution is -2.09. The van der Waals surface area contributed by atoms with Crippen molar-refractivity contribution in [2.45, 2.75) is 59.1 Å². The Morgan fingerprint density at radius 2 is 1.39 bits per heavy atom. The predicted octanol–water partition coefficient (Wildman–Crippen LogP) is 4.38. The molecule has 0 N–H and O–H groups in total. The average Bonchev–Trinajstić information content (AvgIpc) is 2.30. The van der Waals surface area contributed by atoms with Crippen LogP contribution in [0.1, 0.15) is 53.9 Å². The first-order valence-corrected chi connectivity index (χ1v) is 9.06. The second-order valence-corrected chi connectivity index (χ2v) is 8.19. The van der Waals surface area contributed by atoms with Crippen molar-refractivity contribution in [1.82, 2.24) is 0 Å². The quantitative estimate of drug-likeness (QED) is 0.442. The largest absolute Gasteiger partial charge is 0.299 e. The molecule has 0 rings (SSSR count). The van der Waals surface area contributed by atoms with Crippen molar-refractivity contribution < 1.29 is 9.59 Å². The predicted molar refractivity (Wildman–Crippen MR) is 83.1 cm³/mol. The first-order valence-electron chi connectivity index (χ1n) is 6.68. The zero-order chi connectivity index (χ0) is 14.1. The third-order valence-electron chi connectivity index (χ3n) is 2.75. The van der Waals surface area contributed by atoms with E-state index in [-0.39, 0.29) is 11.8 Å². The monoisotopic (exact) mass is 290 g/mol. The molecule has 1 unspecified atom stereocenters. The van der Waals surface area contributed by atoms with Gasteiger partial charge in [0, 0.05) is 35.7 Å². The maximum atomic E-state index is 11.5. The van der Waals surface area contributed by atoms with E-state index in [0.29, 0.717) is 29.7 Å². The van der Waals surface area contributed by atoms with E-state index in [2.05, 4.69) is 6.92 Å². The second-order valence-electron chi connectivity index (χ2n) is 5.26. The molecule has 0 aromatic rings. The minimum Gasteiger partial charge on any atom is -0.299 e. The summed E-state index contributed by atoms with van der Waals surface area (Å²) in [6, 6.07) is 0. The van der Waals surface area contributed by atoms with E-state index in [0.717, 1.165) is 12.2 Å². The van der Waals surface area contributed by atoms with Crippen LogP contribution in [0.25, 0.3) is 0 Å². The molecule has 0 radical (unpaired) electrons. The van der Waals surface area contributed by atoms with Gasteiger partial charge in [0.05, 0.1) is 0 Å². The molecular weight excluding hydrogens is 264 g/mol. The number of ketones is 2. The van der Waals surface area contributed by atoms with Crippen LogP contribution >= 0.6 is 21.6 Å². The van der Waals surface area contributed by atoms with E-state index in [1.165, 1.54) is 0 Å². The van der Waals surface area contributed by atoms with Crippen molar-refractivity contribution in [1.29, 1.82) is 0 Å². The fourth-order valence-corrected chi connectivity index (χ4v) is 3.63. The van der Waals surface area contributed by atoms with Crippen LogP contribution in [0.15, 0.2) is 0 Å². The summed E-state index contributed by atoms with van der Waals surface area (Å²) in [7, 11) is 3.55. The van der Waals surface area contributed by atoms with Crippen LogP contribution in [0, 0.1) is 11.8 Å². The summed E-state index contributed by atoms with van der Waals surface area (Å²) in [5.41, 5.74) is 0. The molecule has 2 nitrogen and oxygen atoms in total. The molecule has 0 spiro atoms. The van der Waals surface area contributed by atoms with E-state index in [4.69, 9.17) is 0 Å². The van der Waals surface area contributed by atoms with Crippen molar-refractivity contribution in [2.75, 3.05) is 5.75 Å². The van der Waals surface area contributed by atoms with Crippen LogP contribution in [-0.2, 0) is 9.59 Å². The zero-order valence-electron chi connectivity index (χ0n) is 12.2. The average molecular weight is 290 g/mol. The Kier molecular flexibility index (Phi) is 9.93. The highest BCUT2D eigenvalue weighted by Crippen LogP contribution is 2.30. The molecule has 0 fully saturated rings. The summed E-state index contributed by atoms with van der Waals surface area (Å²) in [6.45, 7) is 9.94. The van der Waals surface area contributed by atoms with Gasteiger partial charge in [0.25, 0.3) is 0 Å². The van der Waals surface area contributed by atoms with E-state index in [1.807, 2.05) is 27.7 Å². The van der Waals surface area contributed by atoms with Gasteiger partial charge in [-0.05, 0) is 6.42 Å². The number of rotatable bonds is 10. The maximum absolute atomic E-state index is 11.5. The minimum absolute atomic E-state index is 0.150. The first kappa shape index (κ1) is 18.0. The highest BCUT2D eigenvalue weighted by atomic mass is 33.1. The molecule has 0 saturated heterocycles. The number of hydrogen-bond acceptors (Lipinski definition) is 4. The van der Waals surface area contributed by atoms with Crippen LogP contribution in [0.2, 0.25) is 0 Å². The number of Topliss-reactive ketones (excluding diaryl/α,β-unsaturated/α-hetero) is 2. The van der Waals surface area contributed by atoms with Crippen molar-refractivity contribution in [3.63, 3.8) is 0 Å². The minimum atomic E-state index is 0.150. The Morgan fingerprint density at radius 1 is 0.889 bits per heavy atom. The normalized spacial score (nSPS) is 13.1.